The van der Waals surface area contributed by atoms with Gasteiger partial charge in [0.05, 0.1) is 10.4 Å². The monoisotopic (exact) mass is 304 g/mol. The molecule has 108 valence electrons. The van der Waals surface area contributed by atoms with Gasteiger partial charge in [-0.2, -0.15) is 5.10 Å². The Balaban J connectivity index is 2.28. The lowest BCUT2D eigenvalue weighted by molar-refractivity contribution is 0.542. The number of fused-ring (bicyclic) bond motifs is 1. The maximum absolute atomic E-state index is 14.0. The Labute approximate surface area is 125 Å². The lowest BCUT2D eigenvalue weighted by Gasteiger charge is -2.08. The molecule has 2 aromatic carbocycles. The quantitative estimate of drug-likeness (QED) is 0.646. The van der Waals surface area contributed by atoms with E-state index in [9.17, 15) is 8.78 Å². The van der Waals surface area contributed by atoms with Crippen molar-refractivity contribution in [2.45, 2.75) is 11.8 Å². The van der Waals surface area contributed by atoms with Gasteiger partial charge >= 0.3 is 0 Å². The summed E-state index contributed by atoms with van der Waals surface area (Å²) in [6.45, 7) is 1.97. The summed E-state index contributed by atoms with van der Waals surface area (Å²) in [5, 5.41) is 5.30. The van der Waals surface area contributed by atoms with E-state index in [2.05, 4.69) is 5.10 Å². The van der Waals surface area contributed by atoms with Gasteiger partial charge in [-0.3, -0.25) is 4.68 Å². The molecule has 0 N–H and O–H groups in total. The Hall–Kier alpha value is -1.88. The second-order valence-corrected chi connectivity index (χ2v) is 5.78. The molecule has 0 aliphatic heterocycles. The fraction of sp³-hybridized carbons (Fsp3) is 0.188. The average Bonchev–Trinajstić information content (AvgIpc) is 2.81. The van der Waals surface area contributed by atoms with Crippen LogP contribution < -0.4 is 0 Å². The van der Waals surface area contributed by atoms with E-state index in [-0.39, 0.29) is 4.90 Å². The van der Waals surface area contributed by atoms with Gasteiger partial charge in [0.2, 0.25) is 0 Å². The summed E-state index contributed by atoms with van der Waals surface area (Å²) in [7, 11) is 1.83. The summed E-state index contributed by atoms with van der Waals surface area (Å²) in [4.78, 5) is 0.0493. The summed E-state index contributed by atoms with van der Waals surface area (Å²) in [5.74, 6) is -1.06. The number of benzene rings is 2. The highest BCUT2D eigenvalue weighted by molar-refractivity contribution is 7.98. The van der Waals surface area contributed by atoms with Crippen molar-refractivity contribution in [2.75, 3.05) is 6.26 Å². The van der Waals surface area contributed by atoms with E-state index in [4.69, 9.17) is 0 Å². The first kappa shape index (κ1) is 14.1. The van der Waals surface area contributed by atoms with Crippen LogP contribution in [-0.4, -0.2) is 16.0 Å². The summed E-state index contributed by atoms with van der Waals surface area (Å²) >= 11 is 1.07. The van der Waals surface area contributed by atoms with Crippen LogP contribution in [0.5, 0.6) is 0 Å². The van der Waals surface area contributed by atoms with Crippen LogP contribution in [-0.2, 0) is 7.05 Å². The Morgan fingerprint density at radius 1 is 1.14 bits per heavy atom. The van der Waals surface area contributed by atoms with Gasteiger partial charge in [-0.15, -0.1) is 11.8 Å². The number of thioether (sulfide) groups is 1. The van der Waals surface area contributed by atoms with Gasteiger partial charge in [-0.25, -0.2) is 8.78 Å². The molecule has 0 fully saturated rings. The molecule has 0 spiro atoms. The molecule has 0 unspecified atom stereocenters. The molecule has 0 radical (unpaired) electrons. The fourth-order valence-electron chi connectivity index (χ4n) is 2.52. The largest absolute Gasteiger partial charge is 0.275 e. The molecule has 5 heteroatoms. The highest BCUT2D eigenvalue weighted by atomic mass is 32.2. The molecule has 0 aliphatic carbocycles. The number of nitrogens with zero attached hydrogens (tertiary/aromatic N) is 2. The molecule has 2 nitrogen and oxygen atoms in total. The molecule has 0 amide bonds. The highest BCUT2D eigenvalue weighted by Gasteiger charge is 2.14. The van der Waals surface area contributed by atoms with Crippen LogP contribution in [0.1, 0.15) is 5.56 Å². The van der Waals surface area contributed by atoms with E-state index in [1.165, 1.54) is 12.1 Å². The van der Waals surface area contributed by atoms with Gasteiger partial charge < -0.3 is 0 Å². The van der Waals surface area contributed by atoms with Crippen molar-refractivity contribution in [2.24, 2.45) is 7.05 Å². The predicted octanol–water partition coefficient (Wildman–Crippen LogP) is 4.55. The first-order valence-electron chi connectivity index (χ1n) is 6.47. The highest BCUT2D eigenvalue weighted by Crippen LogP contribution is 2.33. The van der Waals surface area contributed by atoms with Gasteiger partial charge in [0.25, 0.3) is 0 Å². The maximum Gasteiger partial charge on any atom is 0.140 e. The van der Waals surface area contributed by atoms with E-state index in [1.54, 1.807) is 10.9 Å². The van der Waals surface area contributed by atoms with Gasteiger partial charge in [0, 0.05) is 18.6 Å². The summed E-state index contributed by atoms with van der Waals surface area (Å²) in [5.41, 5.74) is 3.20. The average molecular weight is 304 g/mol. The van der Waals surface area contributed by atoms with E-state index in [1.807, 2.05) is 32.3 Å². The molecule has 3 aromatic rings. The molecule has 1 aromatic heterocycles. The third-order valence-electron chi connectivity index (χ3n) is 3.51. The molecule has 0 saturated heterocycles. The lowest BCUT2D eigenvalue weighted by Crippen LogP contribution is -1.90. The van der Waals surface area contributed by atoms with Gasteiger partial charge in [0.1, 0.15) is 11.6 Å². The fourth-order valence-corrected chi connectivity index (χ4v) is 3.02. The zero-order valence-electron chi connectivity index (χ0n) is 11.9. The summed E-state index contributed by atoms with van der Waals surface area (Å²) in [6, 6.07) is 6.56. The Bertz CT molecular complexity index is 817. The third kappa shape index (κ3) is 2.31. The Morgan fingerprint density at radius 3 is 2.43 bits per heavy atom. The predicted molar refractivity (Wildman–Crippen MR) is 82.6 cm³/mol. The topological polar surface area (TPSA) is 17.8 Å². The van der Waals surface area contributed by atoms with E-state index in [0.717, 1.165) is 33.8 Å². The van der Waals surface area contributed by atoms with Crippen molar-refractivity contribution in [1.82, 2.24) is 9.78 Å². The van der Waals surface area contributed by atoms with Crippen LogP contribution in [0, 0.1) is 18.6 Å². The molecular weight excluding hydrogens is 290 g/mol. The van der Waals surface area contributed by atoms with E-state index >= 15 is 0 Å². The number of hydrogen-bond acceptors (Lipinski definition) is 2. The second kappa shape index (κ2) is 5.15. The van der Waals surface area contributed by atoms with Crippen molar-refractivity contribution in [1.29, 1.82) is 0 Å². The number of aromatic nitrogens is 2. The van der Waals surface area contributed by atoms with Crippen molar-refractivity contribution < 1.29 is 8.78 Å². The maximum atomic E-state index is 14.0. The molecule has 0 saturated carbocycles. The molecule has 0 atom stereocenters. The van der Waals surface area contributed by atoms with Crippen molar-refractivity contribution in [3.63, 3.8) is 0 Å². The Kier molecular flexibility index (Phi) is 3.45. The van der Waals surface area contributed by atoms with Crippen LogP contribution in [0.3, 0.4) is 0 Å². The van der Waals surface area contributed by atoms with E-state index < -0.39 is 11.6 Å². The van der Waals surface area contributed by atoms with Crippen LogP contribution in [0.2, 0.25) is 0 Å². The first-order chi connectivity index (χ1) is 10.0. The SMILES string of the molecule is CSc1c(F)cc(-c2ccc(C)c3nn(C)cc23)cc1F. The van der Waals surface area contributed by atoms with E-state index in [0.29, 0.717) is 5.56 Å². The first-order valence-corrected chi connectivity index (χ1v) is 7.70. The number of aryl methyl sites for hydroxylation is 2. The summed E-state index contributed by atoms with van der Waals surface area (Å²) in [6.07, 6.45) is 3.53. The minimum atomic E-state index is -0.532. The zero-order chi connectivity index (χ0) is 15.1. The second-order valence-electron chi connectivity index (χ2n) is 4.97. The third-order valence-corrected chi connectivity index (χ3v) is 4.30. The number of halogens is 2. The number of rotatable bonds is 2. The molecule has 0 bridgehead atoms. The van der Waals surface area contributed by atoms with Gasteiger partial charge in [0.15, 0.2) is 0 Å². The standard InChI is InChI=1S/C16H14F2N2S/c1-9-4-5-11(12-8-20(2)19-15(9)12)10-6-13(17)16(21-3)14(18)7-10/h4-8H,1-3H3. The normalized spacial score (nSPS) is 11.3. The van der Waals surface area contributed by atoms with Crippen molar-refractivity contribution in [3.05, 3.63) is 47.7 Å². The molecule has 21 heavy (non-hydrogen) atoms. The molecular formula is C16H14F2N2S. The zero-order valence-corrected chi connectivity index (χ0v) is 12.8. The molecule has 3 rings (SSSR count). The van der Waals surface area contributed by atoms with Crippen LogP contribution in [0.15, 0.2) is 35.4 Å². The summed E-state index contributed by atoms with van der Waals surface area (Å²) < 4.78 is 29.7. The van der Waals surface area contributed by atoms with Crippen LogP contribution in [0.4, 0.5) is 8.78 Å². The van der Waals surface area contributed by atoms with Crippen molar-refractivity contribution >= 4 is 22.7 Å². The minimum absolute atomic E-state index is 0.0493. The smallest absolute Gasteiger partial charge is 0.140 e. The van der Waals surface area contributed by atoms with Gasteiger partial charge in [-0.05, 0) is 42.0 Å². The van der Waals surface area contributed by atoms with Crippen LogP contribution >= 0.6 is 11.8 Å². The van der Waals surface area contributed by atoms with Gasteiger partial charge in [-0.1, -0.05) is 12.1 Å². The molecule has 1 heterocycles. The molecule has 0 aliphatic rings. The lowest BCUT2D eigenvalue weighted by atomic mass is 9.99. The Morgan fingerprint density at radius 2 is 1.81 bits per heavy atom. The van der Waals surface area contributed by atoms with Crippen molar-refractivity contribution in [3.8, 4) is 11.1 Å². The number of hydrogen-bond donors (Lipinski definition) is 0. The minimum Gasteiger partial charge on any atom is -0.275 e. The van der Waals surface area contributed by atoms with Crippen LogP contribution in [0.25, 0.3) is 22.0 Å².